The van der Waals surface area contributed by atoms with E-state index < -0.39 is 61.4 Å². The van der Waals surface area contributed by atoms with Crippen molar-refractivity contribution in [2.24, 2.45) is 0 Å². The van der Waals surface area contributed by atoms with Crippen LogP contribution in [0.5, 0.6) is 0 Å². The third-order valence-electron chi connectivity index (χ3n) is 11.5. The van der Waals surface area contributed by atoms with Gasteiger partial charge in [-0.15, -0.1) is 0 Å². The van der Waals surface area contributed by atoms with Crippen LogP contribution in [-0.4, -0.2) is 73.1 Å². The van der Waals surface area contributed by atoms with Gasteiger partial charge in [-0.2, -0.15) is 0 Å². The smallest absolute Gasteiger partial charge is 0.186 e. The van der Waals surface area contributed by atoms with Crippen LogP contribution in [0, 0.1) is 0 Å². The van der Waals surface area contributed by atoms with Gasteiger partial charge >= 0.3 is 0 Å². The zero-order valence-corrected chi connectivity index (χ0v) is 36.2. The Kier molecular flexibility index (Phi) is 16.9. The molecule has 0 bridgehead atoms. The minimum atomic E-state index is -1.37. The minimum Gasteiger partial charge on any atom is -0.368 e. The molecule has 0 spiro atoms. The molecule has 334 valence electrons. The lowest BCUT2D eigenvalue weighted by molar-refractivity contribution is -0.345. The topological polar surface area (TPSA) is 103 Å². The van der Waals surface area contributed by atoms with Gasteiger partial charge in [-0.05, 0) is 40.3 Å². The normalized spacial score (nSPS) is 25.8. The maximum atomic E-state index is 11.8. The first kappa shape index (κ1) is 45.5. The van der Waals surface area contributed by atoms with Crippen molar-refractivity contribution in [2.45, 2.75) is 108 Å². The van der Waals surface area contributed by atoms with Crippen molar-refractivity contribution in [1.29, 1.82) is 0 Å². The standard InChI is InChI=1S/C54H58O10/c1-39-47(56-32-40-20-8-2-9-21-40)49(58-34-42-24-12-4-13-25-42)52(61-37-45-30-18-7-19-31-45)54(63-39)62-38-46-48(57-33-41-22-10-3-11-23-41)50(59-35-43-26-14-5-15-27-43)51(53(55)64-46)60-36-44-28-16-6-17-29-44/h2-31,39,46-55H,32-38H2,1H3/t39-,46-,47+,48-,49+,50+,51-,52-,53-,54-/m1/s1. The maximum absolute atomic E-state index is 11.8. The van der Waals surface area contributed by atoms with Gasteiger partial charge in [0.25, 0.3) is 0 Å². The maximum Gasteiger partial charge on any atom is 0.186 e. The van der Waals surface area contributed by atoms with Gasteiger partial charge in [0, 0.05) is 0 Å². The van der Waals surface area contributed by atoms with Crippen molar-refractivity contribution in [3.63, 3.8) is 0 Å². The molecule has 2 saturated heterocycles. The summed E-state index contributed by atoms with van der Waals surface area (Å²) in [6, 6.07) is 59.7. The summed E-state index contributed by atoms with van der Waals surface area (Å²) in [5.74, 6) is 0. The van der Waals surface area contributed by atoms with Crippen molar-refractivity contribution in [3.05, 3.63) is 215 Å². The first-order chi connectivity index (χ1) is 31.6. The van der Waals surface area contributed by atoms with Crippen molar-refractivity contribution in [3.8, 4) is 0 Å². The number of aliphatic hydroxyl groups is 1. The van der Waals surface area contributed by atoms with Gasteiger partial charge in [-0.3, -0.25) is 0 Å². The summed E-state index contributed by atoms with van der Waals surface area (Å²) >= 11 is 0. The van der Waals surface area contributed by atoms with Crippen LogP contribution in [0.15, 0.2) is 182 Å². The predicted molar refractivity (Wildman–Crippen MR) is 241 cm³/mol. The van der Waals surface area contributed by atoms with E-state index >= 15 is 0 Å². The Labute approximate surface area is 376 Å². The average molecular weight is 867 g/mol. The van der Waals surface area contributed by atoms with Gasteiger partial charge in [0.05, 0.1) is 52.4 Å². The van der Waals surface area contributed by atoms with E-state index in [1.807, 2.05) is 189 Å². The quantitative estimate of drug-likeness (QED) is 0.0755. The second kappa shape index (κ2) is 23.7. The Morgan fingerprint density at radius 1 is 0.344 bits per heavy atom. The van der Waals surface area contributed by atoms with Crippen LogP contribution in [0.3, 0.4) is 0 Å². The lowest BCUT2D eigenvalue weighted by Gasteiger charge is -2.47. The summed E-state index contributed by atoms with van der Waals surface area (Å²) in [7, 11) is 0. The third kappa shape index (κ3) is 12.8. The number of benzene rings is 6. The molecule has 6 aromatic rings. The lowest BCUT2D eigenvalue weighted by atomic mass is 9.97. The van der Waals surface area contributed by atoms with Crippen molar-refractivity contribution in [1.82, 2.24) is 0 Å². The highest BCUT2D eigenvalue weighted by atomic mass is 16.7. The number of hydrogen-bond acceptors (Lipinski definition) is 10. The number of ether oxygens (including phenoxy) is 9. The second-order valence-corrected chi connectivity index (χ2v) is 16.2. The molecule has 10 atom stereocenters. The lowest BCUT2D eigenvalue weighted by Crippen LogP contribution is -2.63. The van der Waals surface area contributed by atoms with E-state index in [2.05, 4.69) is 0 Å². The summed E-state index contributed by atoms with van der Waals surface area (Å²) in [5.41, 5.74) is 5.90. The summed E-state index contributed by atoms with van der Waals surface area (Å²) in [5, 5.41) is 11.8. The molecule has 0 radical (unpaired) electrons. The van der Waals surface area contributed by atoms with Crippen molar-refractivity contribution in [2.75, 3.05) is 6.61 Å². The van der Waals surface area contributed by atoms with Crippen LogP contribution in [-0.2, 0) is 82.3 Å². The Hall–Kier alpha value is -5.08. The van der Waals surface area contributed by atoms with E-state index in [1.54, 1.807) is 0 Å². The first-order valence-electron chi connectivity index (χ1n) is 22.1. The van der Waals surface area contributed by atoms with Crippen LogP contribution in [0.2, 0.25) is 0 Å². The van der Waals surface area contributed by atoms with Crippen LogP contribution < -0.4 is 0 Å². The Morgan fingerprint density at radius 2 is 0.641 bits per heavy atom. The minimum absolute atomic E-state index is 0.0450. The van der Waals surface area contributed by atoms with Crippen molar-refractivity contribution >= 4 is 0 Å². The number of aliphatic hydroxyl groups excluding tert-OH is 1. The summed E-state index contributed by atoms with van der Waals surface area (Å²) in [6.07, 6.45) is -7.86. The molecule has 8 rings (SSSR count). The highest BCUT2D eigenvalue weighted by Crippen LogP contribution is 2.34. The zero-order chi connectivity index (χ0) is 43.8. The fourth-order valence-corrected chi connectivity index (χ4v) is 8.09. The Bertz CT molecular complexity index is 2030. The van der Waals surface area contributed by atoms with Crippen LogP contribution in [0.1, 0.15) is 40.3 Å². The van der Waals surface area contributed by atoms with Crippen molar-refractivity contribution < 1.29 is 47.7 Å². The SMILES string of the molecule is C[C@H]1O[C@@H](OC[C@H]2O[C@@H](O)[C@H](OCc3ccccc3)[C@@H](OCc3ccccc3)[C@@H]2OCc2ccccc2)[C@H](OCc2ccccc2)[C@@H](OCc2ccccc2)[C@H]1OCc1ccccc1. The van der Waals surface area contributed by atoms with Gasteiger partial charge in [0.2, 0.25) is 0 Å². The molecule has 2 heterocycles. The first-order valence-corrected chi connectivity index (χ1v) is 22.1. The molecular formula is C54H58O10. The summed E-state index contributed by atoms with van der Waals surface area (Å²) < 4.78 is 60.2. The number of rotatable bonds is 21. The van der Waals surface area contributed by atoms with Crippen LogP contribution in [0.4, 0.5) is 0 Å². The largest absolute Gasteiger partial charge is 0.368 e. The summed E-state index contributed by atoms with van der Waals surface area (Å²) in [4.78, 5) is 0. The van der Waals surface area contributed by atoms with E-state index in [-0.39, 0.29) is 33.0 Å². The second-order valence-electron chi connectivity index (χ2n) is 16.2. The van der Waals surface area contributed by atoms with Gasteiger partial charge < -0.3 is 47.7 Å². The van der Waals surface area contributed by atoms with E-state index in [1.165, 1.54) is 0 Å². The van der Waals surface area contributed by atoms with E-state index in [0.717, 1.165) is 33.4 Å². The highest BCUT2D eigenvalue weighted by Gasteiger charge is 2.51. The molecule has 0 saturated carbocycles. The summed E-state index contributed by atoms with van der Waals surface area (Å²) in [6.45, 7) is 3.61. The highest BCUT2D eigenvalue weighted by molar-refractivity contribution is 5.18. The molecule has 0 aliphatic carbocycles. The fourth-order valence-electron chi connectivity index (χ4n) is 8.09. The van der Waals surface area contributed by atoms with Gasteiger partial charge in [-0.1, -0.05) is 182 Å². The fraction of sp³-hybridized carbons (Fsp3) is 0.333. The Morgan fingerprint density at radius 3 is 1.02 bits per heavy atom. The Balaban J connectivity index is 1.07. The average Bonchev–Trinajstić information content (AvgIpc) is 3.35. The zero-order valence-electron chi connectivity index (χ0n) is 36.2. The third-order valence-corrected chi connectivity index (χ3v) is 11.5. The molecule has 2 aliphatic heterocycles. The molecule has 0 amide bonds. The van der Waals surface area contributed by atoms with Gasteiger partial charge in [0.15, 0.2) is 12.6 Å². The van der Waals surface area contributed by atoms with Crippen LogP contribution in [0.25, 0.3) is 0 Å². The van der Waals surface area contributed by atoms with E-state index in [0.29, 0.717) is 13.2 Å². The molecule has 1 N–H and O–H groups in total. The molecule has 10 heteroatoms. The van der Waals surface area contributed by atoms with Crippen LogP contribution >= 0.6 is 0 Å². The van der Waals surface area contributed by atoms with Gasteiger partial charge in [0.1, 0.15) is 42.7 Å². The molecule has 10 nitrogen and oxygen atoms in total. The van der Waals surface area contributed by atoms with E-state index in [4.69, 9.17) is 42.6 Å². The molecule has 0 aromatic heterocycles. The molecule has 2 aliphatic rings. The monoisotopic (exact) mass is 866 g/mol. The van der Waals surface area contributed by atoms with E-state index in [9.17, 15) is 5.11 Å². The molecule has 6 aromatic carbocycles. The number of hydrogen-bond donors (Lipinski definition) is 1. The predicted octanol–water partition coefficient (Wildman–Crippen LogP) is 8.98. The molecule has 0 unspecified atom stereocenters. The molecule has 64 heavy (non-hydrogen) atoms. The molecule has 2 fully saturated rings. The molecular weight excluding hydrogens is 809 g/mol. The van der Waals surface area contributed by atoms with Gasteiger partial charge in [-0.25, -0.2) is 0 Å².